The smallest absolute Gasteiger partial charge is 0.309 e. The van der Waals surface area contributed by atoms with Gasteiger partial charge in [0.15, 0.2) is 11.6 Å². The van der Waals surface area contributed by atoms with Crippen molar-refractivity contribution in [1.82, 2.24) is 0 Å². The minimum Gasteiger partial charge on any atom is -0.494 e. The number of carbonyl (C=O) groups is 1. The number of rotatable bonds is 3. The van der Waals surface area contributed by atoms with Gasteiger partial charge in [-0.05, 0) is 24.1 Å². The molecule has 1 saturated heterocycles. The van der Waals surface area contributed by atoms with Crippen LogP contribution in [-0.4, -0.2) is 24.8 Å². The highest BCUT2D eigenvalue weighted by molar-refractivity contribution is 5.71. The second-order valence-corrected chi connectivity index (χ2v) is 3.92. The van der Waals surface area contributed by atoms with Crippen molar-refractivity contribution in [3.8, 4) is 5.75 Å². The van der Waals surface area contributed by atoms with Gasteiger partial charge in [-0.1, -0.05) is 6.07 Å². The molecule has 2 atom stereocenters. The Hall–Kier alpha value is -1.62. The molecule has 0 bridgehead atoms. The molecule has 1 aliphatic heterocycles. The molecule has 0 aliphatic carbocycles. The third-order valence-corrected chi connectivity index (χ3v) is 2.91. The second kappa shape index (κ2) is 4.71. The molecule has 1 aromatic rings. The first kappa shape index (κ1) is 11.9. The summed E-state index contributed by atoms with van der Waals surface area (Å²) in [5.74, 6) is -1.89. The van der Waals surface area contributed by atoms with Crippen LogP contribution in [0.2, 0.25) is 0 Å². The summed E-state index contributed by atoms with van der Waals surface area (Å²) < 4.78 is 23.7. The van der Waals surface area contributed by atoms with Gasteiger partial charge < -0.3 is 14.6 Å². The van der Waals surface area contributed by atoms with Crippen LogP contribution in [0.5, 0.6) is 5.75 Å². The van der Waals surface area contributed by atoms with Gasteiger partial charge in [0.1, 0.15) is 0 Å². The Bertz CT molecular complexity index is 433. The van der Waals surface area contributed by atoms with Crippen molar-refractivity contribution < 1.29 is 23.8 Å². The van der Waals surface area contributed by atoms with Gasteiger partial charge in [-0.2, -0.15) is 0 Å². The summed E-state index contributed by atoms with van der Waals surface area (Å²) in [4.78, 5) is 11.0. The van der Waals surface area contributed by atoms with Crippen LogP contribution in [0.25, 0.3) is 0 Å². The lowest BCUT2D eigenvalue weighted by Gasteiger charge is -2.15. The van der Waals surface area contributed by atoms with Crippen molar-refractivity contribution >= 4 is 5.97 Å². The first-order valence-electron chi connectivity index (χ1n) is 5.31. The van der Waals surface area contributed by atoms with Gasteiger partial charge in [-0.15, -0.1) is 0 Å². The molecule has 1 aromatic carbocycles. The van der Waals surface area contributed by atoms with Gasteiger partial charge in [-0.3, -0.25) is 4.79 Å². The molecule has 1 fully saturated rings. The summed E-state index contributed by atoms with van der Waals surface area (Å²) in [6.45, 7) is 0.384. The van der Waals surface area contributed by atoms with Gasteiger partial charge in [0.05, 0.1) is 19.1 Å². The van der Waals surface area contributed by atoms with Crippen LogP contribution in [0.1, 0.15) is 18.1 Å². The van der Waals surface area contributed by atoms with E-state index < -0.39 is 23.8 Å². The highest BCUT2D eigenvalue weighted by atomic mass is 19.1. The van der Waals surface area contributed by atoms with Crippen molar-refractivity contribution in [2.45, 2.75) is 12.5 Å². The van der Waals surface area contributed by atoms with Gasteiger partial charge >= 0.3 is 5.97 Å². The summed E-state index contributed by atoms with van der Waals surface area (Å²) in [5.41, 5.74) is 0.535. The fourth-order valence-corrected chi connectivity index (χ4v) is 2.03. The lowest BCUT2D eigenvalue weighted by molar-refractivity contribution is -0.143. The monoisotopic (exact) mass is 240 g/mol. The van der Waals surface area contributed by atoms with Crippen LogP contribution in [0.3, 0.4) is 0 Å². The van der Waals surface area contributed by atoms with E-state index in [9.17, 15) is 9.18 Å². The van der Waals surface area contributed by atoms with Gasteiger partial charge in [0.25, 0.3) is 0 Å². The predicted octanol–water partition coefficient (Wildman–Crippen LogP) is 2.00. The molecule has 0 saturated carbocycles. The predicted molar refractivity (Wildman–Crippen MR) is 57.4 cm³/mol. The average molecular weight is 240 g/mol. The van der Waals surface area contributed by atoms with Gasteiger partial charge in [0, 0.05) is 6.61 Å². The number of carboxylic acids is 1. The lowest BCUT2D eigenvalue weighted by Crippen LogP contribution is -2.17. The zero-order valence-corrected chi connectivity index (χ0v) is 9.35. The SMILES string of the molecule is COc1ccc(C2OCCC2C(=O)O)cc1F. The number of hydrogen-bond acceptors (Lipinski definition) is 3. The van der Waals surface area contributed by atoms with E-state index in [0.717, 1.165) is 0 Å². The Morgan fingerprint density at radius 1 is 1.59 bits per heavy atom. The van der Waals surface area contributed by atoms with E-state index >= 15 is 0 Å². The van der Waals surface area contributed by atoms with Crippen molar-refractivity contribution in [1.29, 1.82) is 0 Å². The molecule has 5 heteroatoms. The van der Waals surface area contributed by atoms with E-state index in [0.29, 0.717) is 18.6 Å². The Morgan fingerprint density at radius 3 is 2.94 bits per heavy atom. The maximum absolute atomic E-state index is 13.5. The van der Waals surface area contributed by atoms with Crippen LogP contribution in [0, 0.1) is 11.7 Å². The fraction of sp³-hybridized carbons (Fsp3) is 0.417. The topological polar surface area (TPSA) is 55.8 Å². The van der Waals surface area contributed by atoms with Crippen molar-refractivity contribution in [3.05, 3.63) is 29.6 Å². The molecule has 2 rings (SSSR count). The Balaban J connectivity index is 2.27. The second-order valence-electron chi connectivity index (χ2n) is 3.92. The summed E-state index contributed by atoms with van der Waals surface area (Å²) in [6.07, 6.45) is -0.124. The molecule has 0 spiro atoms. The summed E-state index contributed by atoms with van der Waals surface area (Å²) in [7, 11) is 1.38. The van der Waals surface area contributed by atoms with E-state index in [4.69, 9.17) is 14.6 Å². The normalized spacial score (nSPS) is 23.6. The zero-order valence-electron chi connectivity index (χ0n) is 9.35. The first-order chi connectivity index (χ1) is 8.13. The number of benzene rings is 1. The Kier molecular flexibility index (Phi) is 3.28. The molecule has 1 aliphatic rings. The fourth-order valence-electron chi connectivity index (χ4n) is 2.03. The molecule has 0 aromatic heterocycles. The molecule has 1 heterocycles. The molecular formula is C12H13FO4. The Labute approximate surface area is 98.0 Å². The summed E-state index contributed by atoms with van der Waals surface area (Å²) in [5, 5.41) is 9.02. The third kappa shape index (κ3) is 2.24. The maximum Gasteiger partial charge on any atom is 0.309 e. The quantitative estimate of drug-likeness (QED) is 0.877. The van der Waals surface area contributed by atoms with Crippen LogP contribution >= 0.6 is 0 Å². The number of methoxy groups -OCH3 is 1. The van der Waals surface area contributed by atoms with E-state index in [1.54, 1.807) is 6.07 Å². The zero-order chi connectivity index (χ0) is 12.4. The number of carboxylic acid groups (broad SMARTS) is 1. The maximum atomic E-state index is 13.5. The molecule has 17 heavy (non-hydrogen) atoms. The van der Waals surface area contributed by atoms with Crippen LogP contribution in [0.4, 0.5) is 4.39 Å². The molecule has 4 nitrogen and oxygen atoms in total. The van der Waals surface area contributed by atoms with Gasteiger partial charge in [-0.25, -0.2) is 4.39 Å². The van der Waals surface area contributed by atoms with E-state index in [1.807, 2.05) is 0 Å². The first-order valence-corrected chi connectivity index (χ1v) is 5.31. The average Bonchev–Trinajstić information content (AvgIpc) is 2.77. The Morgan fingerprint density at radius 2 is 2.35 bits per heavy atom. The van der Waals surface area contributed by atoms with Crippen LogP contribution < -0.4 is 4.74 Å². The highest BCUT2D eigenvalue weighted by Gasteiger charge is 2.35. The van der Waals surface area contributed by atoms with Crippen molar-refractivity contribution in [2.24, 2.45) is 5.92 Å². The number of aliphatic carboxylic acids is 1. The molecular weight excluding hydrogens is 227 g/mol. The van der Waals surface area contributed by atoms with E-state index in [2.05, 4.69) is 0 Å². The highest BCUT2D eigenvalue weighted by Crippen LogP contribution is 2.36. The van der Waals surface area contributed by atoms with Crippen molar-refractivity contribution in [3.63, 3.8) is 0 Å². The van der Waals surface area contributed by atoms with E-state index in [1.165, 1.54) is 19.2 Å². The third-order valence-electron chi connectivity index (χ3n) is 2.91. The number of ether oxygens (including phenoxy) is 2. The van der Waals surface area contributed by atoms with Crippen LogP contribution in [0.15, 0.2) is 18.2 Å². The minimum atomic E-state index is -0.913. The van der Waals surface area contributed by atoms with Crippen LogP contribution in [-0.2, 0) is 9.53 Å². The molecule has 92 valence electrons. The molecule has 2 unspecified atom stereocenters. The summed E-state index contributed by atoms with van der Waals surface area (Å²) >= 11 is 0. The van der Waals surface area contributed by atoms with Crippen molar-refractivity contribution in [2.75, 3.05) is 13.7 Å². The molecule has 1 N–H and O–H groups in total. The molecule has 0 radical (unpaired) electrons. The lowest BCUT2D eigenvalue weighted by atomic mass is 9.95. The largest absolute Gasteiger partial charge is 0.494 e. The standard InChI is InChI=1S/C12H13FO4/c1-16-10-3-2-7(6-9(10)13)11-8(12(14)15)4-5-17-11/h2-3,6,8,11H,4-5H2,1H3,(H,14,15). The number of halogens is 1. The minimum absolute atomic E-state index is 0.138. The summed E-state index contributed by atoms with van der Waals surface area (Å²) in [6, 6.07) is 4.38. The number of hydrogen-bond donors (Lipinski definition) is 1. The van der Waals surface area contributed by atoms with Gasteiger partial charge in [0.2, 0.25) is 0 Å². The van der Waals surface area contributed by atoms with E-state index in [-0.39, 0.29) is 5.75 Å². The molecule has 0 amide bonds.